The molecule has 8 aromatic rings. The highest BCUT2D eigenvalue weighted by atomic mass is 16.5. The molecule has 1 saturated carbocycles. The number of ether oxygens (including phenoxy) is 2. The Kier molecular flexibility index (Phi) is 22.5. The number of nitrogens with one attached hydrogen (secondary N) is 6. The molecule has 6 amide bonds. The van der Waals surface area contributed by atoms with Crippen LogP contribution in [0.15, 0.2) is 127 Å². The average Bonchev–Trinajstić information content (AvgIpc) is 4.07. The lowest BCUT2D eigenvalue weighted by molar-refractivity contribution is -0.115. The molecule has 0 radical (unpaired) electrons. The van der Waals surface area contributed by atoms with E-state index in [1.165, 1.54) is 20.8 Å². The third-order valence-electron chi connectivity index (χ3n) is 12.6. The summed E-state index contributed by atoms with van der Waals surface area (Å²) in [6, 6.07) is 39.0. The Bertz CT molecular complexity index is 3470. The van der Waals surface area contributed by atoms with Gasteiger partial charge in [-0.05, 0) is 135 Å². The predicted octanol–water partition coefficient (Wildman–Crippen LogP) is 8.17. The van der Waals surface area contributed by atoms with Crippen molar-refractivity contribution in [2.75, 3.05) is 36.2 Å². The van der Waals surface area contributed by atoms with Crippen molar-refractivity contribution in [2.45, 2.75) is 105 Å². The molecular weight excluding hydrogens is 1070 g/mol. The molecule has 3 aromatic heterocycles. The summed E-state index contributed by atoms with van der Waals surface area (Å²) >= 11 is 0. The summed E-state index contributed by atoms with van der Waals surface area (Å²) in [7, 11) is 1.61. The van der Waals surface area contributed by atoms with Crippen molar-refractivity contribution >= 4 is 52.5 Å². The number of carbonyl (C=O) groups is 6. The van der Waals surface area contributed by atoms with E-state index in [9.17, 15) is 28.8 Å². The first-order valence-corrected chi connectivity index (χ1v) is 27.8. The van der Waals surface area contributed by atoms with Gasteiger partial charge in [-0.2, -0.15) is 0 Å². The Balaban J connectivity index is 0.000000182. The first-order valence-electron chi connectivity index (χ1n) is 27.8. The number of nitrogens with zero attached hydrogens (tertiary/aromatic N) is 9. The second-order valence-electron chi connectivity index (χ2n) is 19.5. The Morgan fingerprint density at radius 2 is 0.881 bits per heavy atom. The van der Waals surface area contributed by atoms with Crippen LogP contribution < -0.4 is 41.4 Å². The van der Waals surface area contributed by atoms with Crippen LogP contribution in [0.2, 0.25) is 0 Å². The van der Waals surface area contributed by atoms with E-state index < -0.39 is 0 Å². The molecule has 0 saturated heterocycles. The van der Waals surface area contributed by atoms with E-state index in [4.69, 9.17) is 9.47 Å². The summed E-state index contributed by atoms with van der Waals surface area (Å²) in [5.41, 5.74) is 8.74. The molecule has 1 aliphatic rings. The fourth-order valence-electron chi connectivity index (χ4n) is 8.53. The molecule has 438 valence electrons. The van der Waals surface area contributed by atoms with E-state index in [-0.39, 0.29) is 41.5 Å². The van der Waals surface area contributed by atoms with Crippen LogP contribution in [0.4, 0.5) is 17.1 Å². The van der Waals surface area contributed by atoms with Crippen molar-refractivity contribution in [1.29, 1.82) is 0 Å². The lowest BCUT2D eigenvalue weighted by Crippen LogP contribution is -2.29. The van der Waals surface area contributed by atoms with Crippen LogP contribution in [0.1, 0.15) is 128 Å². The number of amides is 6. The number of anilines is 3. The molecule has 1 aliphatic carbocycles. The third-order valence-corrected chi connectivity index (χ3v) is 12.6. The SMILES string of the molecule is CCCc1c(C(=O)NC2CC2)nnn1-c1ccc(NC(C)=O)cc1.CCCc1c(C(=O)NCCOc2ccccc2)nnn1-c1ccc(NC(C)=O)cc1.CCCc1c(C(=O)NCc2ccc(OC)cc2)nnn1-c1ccc(NC(C)=O)cc1. The smallest absolute Gasteiger partial charge is 0.274 e. The number of benzene rings is 5. The highest BCUT2D eigenvalue weighted by Crippen LogP contribution is 2.23. The van der Waals surface area contributed by atoms with Gasteiger partial charge in [0, 0.05) is 50.4 Å². The van der Waals surface area contributed by atoms with E-state index in [1.54, 1.807) is 57.6 Å². The minimum absolute atomic E-state index is 0.116. The Labute approximate surface area is 487 Å². The summed E-state index contributed by atoms with van der Waals surface area (Å²) in [6.07, 6.45) is 6.68. The van der Waals surface area contributed by atoms with Gasteiger partial charge in [0.25, 0.3) is 17.7 Å². The number of para-hydroxylation sites is 1. The van der Waals surface area contributed by atoms with E-state index in [1.807, 2.05) is 105 Å². The second kappa shape index (κ2) is 30.7. The standard InChI is InChI=1S/2C22H25N5O3.C17H21N5O2/c1-4-5-20-21(22(29)23-14-16-6-12-19(30-3)13-7-16)25-26-27(20)18-10-8-17(9-11-18)24-15(2)28;1-3-7-20-21(22(29)23-14-15-30-19-8-5-4-6-9-19)25-26-27(20)18-12-10-17(11-13-18)24-16(2)28;1-3-4-15-16(17(24)19-13-5-6-13)20-21-22(15)14-9-7-12(8-10-14)18-11(2)23/h6-13H,4-5,14H2,1-3H3,(H,23,29)(H,24,28);4-6,8-13H,3,7,14-15H2,1-2H3,(H,23,29)(H,24,28);7-10,13H,3-6H2,1-2H3,(H,18,23)(H,19,24). The second-order valence-corrected chi connectivity index (χ2v) is 19.5. The number of hydrogen-bond acceptors (Lipinski definition) is 14. The normalized spacial score (nSPS) is 11.4. The Morgan fingerprint density at radius 3 is 1.25 bits per heavy atom. The summed E-state index contributed by atoms with van der Waals surface area (Å²) in [5, 5.41) is 41.8. The van der Waals surface area contributed by atoms with Crippen LogP contribution in [-0.2, 0) is 40.2 Å². The van der Waals surface area contributed by atoms with E-state index in [0.29, 0.717) is 67.4 Å². The molecule has 6 N–H and O–H groups in total. The molecule has 0 unspecified atom stereocenters. The average molecular weight is 1140 g/mol. The summed E-state index contributed by atoms with van der Waals surface area (Å²) in [4.78, 5) is 71.2. The molecule has 84 heavy (non-hydrogen) atoms. The lowest BCUT2D eigenvalue weighted by atomic mass is 10.1. The molecule has 23 nitrogen and oxygen atoms in total. The first kappa shape index (κ1) is 61.6. The fourth-order valence-corrected chi connectivity index (χ4v) is 8.53. The van der Waals surface area contributed by atoms with Crippen molar-refractivity contribution < 1.29 is 38.2 Å². The van der Waals surface area contributed by atoms with Crippen LogP contribution in [0.3, 0.4) is 0 Å². The molecule has 0 bridgehead atoms. The molecule has 5 aromatic carbocycles. The van der Waals surface area contributed by atoms with E-state index in [2.05, 4.69) is 69.8 Å². The fraction of sp³-hybridized carbons (Fsp3) is 0.311. The van der Waals surface area contributed by atoms with Gasteiger partial charge < -0.3 is 41.4 Å². The largest absolute Gasteiger partial charge is 0.497 e. The molecule has 0 atom stereocenters. The highest BCUT2D eigenvalue weighted by molar-refractivity contribution is 5.95. The van der Waals surface area contributed by atoms with Crippen LogP contribution in [0, 0.1) is 0 Å². The van der Waals surface area contributed by atoms with Gasteiger partial charge in [0.15, 0.2) is 17.1 Å². The van der Waals surface area contributed by atoms with Crippen LogP contribution in [-0.4, -0.2) is 107 Å². The van der Waals surface area contributed by atoms with Crippen LogP contribution in [0.25, 0.3) is 17.1 Å². The number of carbonyl (C=O) groups excluding carboxylic acids is 6. The molecule has 0 spiro atoms. The van der Waals surface area contributed by atoms with E-state index >= 15 is 0 Å². The highest BCUT2D eigenvalue weighted by Gasteiger charge is 2.28. The number of hydrogen-bond donors (Lipinski definition) is 6. The van der Waals surface area contributed by atoms with Crippen molar-refractivity contribution in [3.63, 3.8) is 0 Å². The minimum Gasteiger partial charge on any atom is -0.497 e. The lowest BCUT2D eigenvalue weighted by Gasteiger charge is -2.09. The summed E-state index contributed by atoms with van der Waals surface area (Å²) < 4.78 is 15.8. The minimum atomic E-state index is -0.281. The number of aromatic nitrogens is 9. The maximum atomic E-state index is 12.8. The zero-order valence-electron chi connectivity index (χ0n) is 48.3. The van der Waals surface area contributed by atoms with Gasteiger partial charge in [-0.25, -0.2) is 14.0 Å². The molecular formula is C61H71N15O8. The predicted molar refractivity (Wildman–Crippen MR) is 318 cm³/mol. The molecule has 1 fully saturated rings. The van der Waals surface area contributed by atoms with Gasteiger partial charge in [0.05, 0.1) is 47.8 Å². The maximum absolute atomic E-state index is 12.8. The molecule has 0 aliphatic heterocycles. The zero-order chi connectivity index (χ0) is 60.0. The van der Waals surface area contributed by atoms with Gasteiger partial charge in [-0.3, -0.25) is 28.8 Å². The molecule has 3 heterocycles. The van der Waals surface area contributed by atoms with Gasteiger partial charge >= 0.3 is 0 Å². The molecule has 23 heteroatoms. The number of methoxy groups -OCH3 is 1. The van der Waals surface area contributed by atoms with Gasteiger partial charge in [-0.15, -0.1) is 15.3 Å². The summed E-state index contributed by atoms with van der Waals surface area (Å²) in [6.45, 7) is 11.6. The van der Waals surface area contributed by atoms with Gasteiger partial charge in [0.1, 0.15) is 18.1 Å². The monoisotopic (exact) mass is 1140 g/mol. The quantitative estimate of drug-likeness (QED) is 0.0330. The van der Waals surface area contributed by atoms with Gasteiger partial charge in [-0.1, -0.05) is 86.0 Å². The Hall–Kier alpha value is -10.1. The van der Waals surface area contributed by atoms with Crippen molar-refractivity contribution in [2.24, 2.45) is 0 Å². The van der Waals surface area contributed by atoms with Crippen molar-refractivity contribution in [3.8, 4) is 28.6 Å². The van der Waals surface area contributed by atoms with Crippen LogP contribution in [0.5, 0.6) is 11.5 Å². The topological polar surface area (TPSA) is 285 Å². The van der Waals surface area contributed by atoms with Crippen molar-refractivity contribution in [3.05, 3.63) is 167 Å². The summed E-state index contributed by atoms with van der Waals surface area (Å²) in [5.74, 6) is 0.439. The number of rotatable bonds is 23. The third kappa shape index (κ3) is 17.7. The molecule has 9 rings (SSSR count). The maximum Gasteiger partial charge on any atom is 0.274 e. The first-order chi connectivity index (χ1) is 40.7. The van der Waals surface area contributed by atoms with Crippen LogP contribution >= 0.6 is 0 Å². The van der Waals surface area contributed by atoms with Gasteiger partial charge in [0.2, 0.25) is 17.7 Å². The zero-order valence-corrected chi connectivity index (χ0v) is 48.3. The van der Waals surface area contributed by atoms with Crippen molar-refractivity contribution in [1.82, 2.24) is 60.9 Å². The Morgan fingerprint density at radius 1 is 0.488 bits per heavy atom. The van der Waals surface area contributed by atoms with E-state index in [0.717, 1.165) is 89.0 Å².